The van der Waals surface area contributed by atoms with Gasteiger partial charge in [0, 0.05) is 32.3 Å². The fraction of sp³-hybridized carbons (Fsp3) is 0.583. The van der Waals surface area contributed by atoms with E-state index in [0.29, 0.717) is 25.9 Å². The Balaban J connectivity index is 1.25. The number of primary sulfonamides is 1. The fourth-order valence-corrected chi connectivity index (χ4v) is 6.89. The standard InChI is InChI=1S/C36H50N2O10S/c1-22(6-15-32-23(2)18-31(25(4)47-32)38-34(41)17-8-24(3)46-26(5)39)7-16-33-35(42)36(21-45-36)20-29(48-33)19-28(40)12-9-27-10-13-30(14-11-27)49(37,43)44/h6-8,10-11,13-14,16-17,23-25,29,31-33,35,42H,9,12,15,18-21H2,1-5H3,(H,38,41)(H2,37,43,44)/b16-7+,17-8-,22-6+/t23-,24-,25+,29+,31+,32-,33+,35+,36+/m0/s1. The van der Waals surface area contributed by atoms with E-state index in [9.17, 15) is 27.9 Å². The van der Waals surface area contributed by atoms with E-state index in [4.69, 9.17) is 24.1 Å². The Morgan fingerprint density at radius 2 is 1.84 bits per heavy atom. The Bertz CT molecular complexity index is 1530. The van der Waals surface area contributed by atoms with Crippen LogP contribution in [0.3, 0.4) is 0 Å². The highest BCUT2D eigenvalue weighted by molar-refractivity contribution is 7.89. The SMILES string of the molecule is CC(=O)O[C@@H](C)/C=C\C(=O)N[C@@H]1C[C@H](C)[C@H](C/C=C(C)/C=C/[C@H]2O[C@H](CC(=O)CCc3ccc(S(N)(=O)=O)cc3)C[C@@]3(CO3)[C@@H]2O)O[C@@H]1C. The van der Waals surface area contributed by atoms with Gasteiger partial charge in [0.25, 0.3) is 0 Å². The van der Waals surface area contributed by atoms with Gasteiger partial charge < -0.3 is 29.4 Å². The molecule has 4 N–H and O–H groups in total. The second kappa shape index (κ2) is 16.7. The third kappa shape index (κ3) is 11.4. The highest BCUT2D eigenvalue weighted by Crippen LogP contribution is 2.43. The number of esters is 1. The maximum absolute atomic E-state index is 12.9. The van der Waals surface area contributed by atoms with Crippen LogP contribution in [0.15, 0.2) is 65.1 Å². The lowest BCUT2D eigenvalue weighted by atomic mass is 9.86. The summed E-state index contributed by atoms with van der Waals surface area (Å²) in [6.07, 6.45) is 8.89. The molecule has 3 fully saturated rings. The van der Waals surface area contributed by atoms with Crippen molar-refractivity contribution in [1.82, 2.24) is 5.32 Å². The van der Waals surface area contributed by atoms with Gasteiger partial charge in [-0.1, -0.05) is 42.9 Å². The van der Waals surface area contributed by atoms with Gasteiger partial charge in [-0.25, -0.2) is 13.6 Å². The predicted molar refractivity (Wildman–Crippen MR) is 182 cm³/mol. The highest BCUT2D eigenvalue weighted by Gasteiger charge is 2.58. The maximum Gasteiger partial charge on any atom is 0.303 e. The number of nitrogens with one attached hydrogen (secondary N) is 1. The number of sulfonamides is 1. The Kier molecular flexibility index (Phi) is 13.1. The van der Waals surface area contributed by atoms with Crippen molar-refractivity contribution in [3.8, 4) is 0 Å². The number of Topliss-reactive ketones (excluding diaryl/α,β-unsaturated/α-hetero) is 1. The topological polar surface area (TPSA) is 184 Å². The molecule has 0 unspecified atom stereocenters. The van der Waals surface area contributed by atoms with Crippen molar-refractivity contribution < 1.29 is 46.9 Å². The largest absolute Gasteiger partial charge is 0.459 e. The van der Waals surface area contributed by atoms with Crippen molar-refractivity contribution in [2.75, 3.05) is 6.61 Å². The molecule has 49 heavy (non-hydrogen) atoms. The van der Waals surface area contributed by atoms with Crippen LogP contribution in [0.4, 0.5) is 0 Å². The molecule has 1 aromatic rings. The highest BCUT2D eigenvalue weighted by atomic mass is 32.2. The predicted octanol–water partition coefficient (Wildman–Crippen LogP) is 3.21. The van der Waals surface area contributed by atoms with Crippen LogP contribution in [0.5, 0.6) is 0 Å². The van der Waals surface area contributed by atoms with E-state index in [1.807, 2.05) is 26.0 Å². The number of carbonyl (C=O) groups is 3. The van der Waals surface area contributed by atoms with Crippen molar-refractivity contribution in [2.45, 2.75) is 126 Å². The van der Waals surface area contributed by atoms with Gasteiger partial charge in [-0.3, -0.25) is 14.4 Å². The first-order valence-corrected chi connectivity index (χ1v) is 18.4. The monoisotopic (exact) mass is 702 g/mol. The molecule has 270 valence electrons. The summed E-state index contributed by atoms with van der Waals surface area (Å²) in [4.78, 5) is 36.4. The van der Waals surface area contributed by atoms with Gasteiger partial charge in [0.15, 0.2) is 0 Å². The summed E-state index contributed by atoms with van der Waals surface area (Å²) in [5.41, 5.74) is 1.10. The maximum atomic E-state index is 12.9. The molecule has 0 radical (unpaired) electrons. The number of amides is 1. The number of epoxide rings is 1. The molecule has 3 aliphatic heterocycles. The van der Waals surface area contributed by atoms with Crippen molar-refractivity contribution in [3.63, 3.8) is 0 Å². The average molecular weight is 703 g/mol. The molecule has 0 aromatic heterocycles. The minimum absolute atomic E-state index is 0.00878. The van der Waals surface area contributed by atoms with Crippen molar-refractivity contribution in [3.05, 3.63) is 65.8 Å². The summed E-state index contributed by atoms with van der Waals surface area (Å²) >= 11 is 0. The van der Waals surface area contributed by atoms with Crippen LogP contribution < -0.4 is 10.5 Å². The second-order valence-electron chi connectivity index (χ2n) is 13.6. The van der Waals surface area contributed by atoms with Crippen LogP contribution in [0.1, 0.15) is 72.3 Å². The lowest BCUT2D eigenvalue weighted by Crippen LogP contribution is -2.50. The van der Waals surface area contributed by atoms with Crippen LogP contribution in [0, 0.1) is 5.92 Å². The van der Waals surface area contributed by atoms with Gasteiger partial charge in [-0.15, -0.1) is 0 Å². The molecule has 1 aromatic carbocycles. The Hall–Kier alpha value is -3.20. The van der Waals surface area contributed by atoms with Crippen molar-refractivity contribution in [1.29, 1.82) is 0 Å². The van der Waals surface area contributed by atoms with Gasteiger partial charge in [-0.2, -0.15) is 0 Å². The summed E-state index contributed by atoms with van der Waals surface area (Å²) in [5.74, 6) is -0.476. The summed E-state index contributed by atoms with van der Waals surface area (Å²) in [5, 5.41) is 19.2. The molecule has 0 bridgehead atoms. The molecular weight excluding hydrogens is 652 g/mol. The molecule has 0 aliphatic carbocycles. The van der Waals surface area contributed by atoms with Crippen LogP contribution in [-0.4, -0.2) is 86.1 Å². The quantitative estimate of drug-likeness (QED) is 0.113. The van der Waals surface area contributed by atoms with E-state index < -0.39 is 46.0 Å². The van der Waals surface area contributed by atoms with E-state index in [2.05, 4.69) is 18.3 Å². The van der Waals surface area contributed by atoms with Gasteiger partial charge in [-0.05, 0) is 69.7 Å². The zero-order valence-electron chi connectivity index (χ0n) is 28.9. The summed E-state index contributed by atoms with van der Waals surface area (Å²) < 4.78 is 46.1. The number of ketones is 1. The molecule has 13 heteroatoms. The number of carbonyl (C=O) groups excluding carboxylic acids is 3. The average Bonchev–Trinajstić information content (AvgIpc) is 3.80. The van der Waals surface area contributed by atoms with E-state index >= 15 is 0 Å². The van der Waals surface area contributed by atoms with Crippen LogP contribution >= 0.6 is 0 Å². The minimum atomic E-state index is -3.77. The third-order valence-electron chi connectivity index (χ3n) is 9.32. The number of aryl methyl sites for hydroxylation is 1. The Labute approximate surface area is 289 Å². The van der Waals surface area contributed by atoms with Crippen molar-refractivity contribution in [2.24, 2.45) is 11.1 Å². The number of hydrogen-bond donors (Lipinski definition) is 3. The molecule has 4 rings (SSSR count). The van der Waals surface area contributed by atoms with E-state index in [1.54, 1.807) is 25.1 Å². The summed E-state index contributed by atoms with van der Waals surface area (Å²) in [6, 6.07) is 6.02. The third-order valence-corrected chi connectivity index (χ3v) is 10.3. The number of allylic oxidation sites excluding steroid dienone is 2. The summed E-state index contributed by atoms with van der Waals surface area (Å²) in [7, 11) is -3.77. The van der Waals surface area contributed by atoms with Crippen LogP contribution in [0.25, 0.3) is 0 Å². The van der Waals surface area contributed by atoms with Gasteiger partial charge in [0.05, 0.1) is 35.9 Å². The first kappa shape index (κ1) is 38.6. The molecule has 1 spiro atoms. The molecular formula is C36H50N2O10S. The van der Waals surface area contributed by atoms with Gasteiger partial charge in [0.2, 0.25) is 15.9 Å². The number of nitrogens with two attached hydrogens (primary N) is 1. The Morgan fingerprint density at radius 1 is 1.14 bits per heavy atom. The van der Waals surface area contributed by atoms with Crippen LogP contribution in [-0.2, 0) is 49.8 Å². The number of rotatable bonds is 14. The normalized spacial score (nSPS) is 31.2. The van der Waals surface area contributed by atoms with Gasteiger partial charge >= 0.3 is 5.97 Å². The van der Waals surface area contributed by atoms with E-state index in [0.717, 1.165) is 17.6 Å². The number of ether oxygens (including phenoxy) is 4. The molecule has 3 aliphatic rings. The van der Waals surface area contributed by atoms with E-state index in [1.165, 1.54) is 25.1 Å². The Morgan fingerprint density at radius 3 is 2.47 bits per heavy atom. The molecule has 1 amide bonds. The summed E-state index contributed by atoms with van der Waals surface area (Å²) in [6.45, 7) is 9.43. The van der Waals surface area contributed by atoms with E-state index in [-0.39, 0.29) is 53.6 Å². The van der Waals surface area contributed by atoms with Crippen LogP contribution in [0.2, 0.25) is 0 Å². The smallest absolute Gasteiger partial charge is 0.303 e. The molecule has 9 atom stereocenters. The molecule has 3 saturated heterocycles. The molecule has 12 nitrogen and oxygen atoms in total. The number of benzene rings is 1. The number of aliphatic hydroxyl groups excluding tert-OH is 1. The second-order valence-corrected chi connectivity index (χ2v) is 15.1. The minimum Gasteiger partial charge on any atom is -0.459 e. The zero-order chi connectivity index (χ0) is 35.9. The zero-order valence-corrected chi connectivity index (χ0v) is 29.7. The number of hydrogen-bond acceptors (Lipinski definition) is 10. The molecule has 0 saturated carbocycles. The number of aliphatic hydroxyl groups is 1. The lowest BCUT2D eigenvalue weighted by Gasteiger charge is -2.39. The lowest BCUT2D eigenvalue weighted by molar-refractivity contribution is -0.144. The first-order chi connectivity index (χ1) is 23.0. The first-order valence-electron chi connectivity index (χ1n) is 16.8. The van der Waals surface area contributed by atoms with Crippen molar-refractivity contribution >= 4 is 27.7 Å². The molecule has 3 heterocycles. The van der Waals surface area contributed by atoms with Gasteiger partial charge in [0.1, 0.15) is 29.7 Å². The fourth-order valence-electron chi connectivity index (χ4n) is 6.37.